The molecule has 1 aliphatic rings. The first-order valence-corrected chi connectivity index (χ1v) is 8.87. The Morgan fingerprint density at radius 1 is 1.37 bits per heavy atom. The van der Waals surface area contributed by atoms with Crippen molar-refractivity contribution < 1.29 is 18.8 Å². The molecule has 3 heterocycles. The first kappa shape index (κ1) is 17.3. The van der Waals surface area contributed by atoms with Crippen LogP contribution in [0.4, 0.5) is 0 Å². The zero-order valence-corrected chi connectivity index (χ0v) is 15.5. The lowest BCUT2D eigenvalue weighted by Crippen LogP contribution is -2.35. The maximum absolute atomic E-state index is 12.8. The van der Waals surface area contributed by atoms with Crippen LogP contribution in [0.3, 0.4) is 0 Å². The van der Waals surface area contributed by atoms with Gasteiger partial charge in [0, 0.05) is 18.2 Å². The maximum atomic E-state index is 12.8. The molecule has 0 radical (unpaired) electrons. The van der Waals surface area contributed by atoms with Gasteiger partial charge in [-0.2, -0.15) is 0 Å². The number of aryl methyl sites for hydroxylation is 2. The zero-order valence-electron chi connectivity index (χ0n) is 15.5. The smallest absolute Gasteiger partial charge is 0.258 e. The molecule has 1 aromatic carbocycles. The summed E-state index contributed by atoms with van der Waals surface area (Å²) in [5.41, 5.74) is 3.39. The van der Waals surface area contributed by atoms with Gasteiger partial charge in [-0.1, -0.05) is 17.3 Å². The summed E-state index contributed by atoms with van der Waals surface area (Å²) in [6, 6.07) is 7.63. The van der Waals surface area contributed by atoms with Crippen LogP contribution in [-0.4, -0.2) is 36.3 Å². The predicted molar refractivity (Wildman–Crippen MR) is 99.3 cm³/mol. The summed E-state index contributed by atoms with van der Waals surface area (Å²) < 4.78 is 16.4. The molecule has 3 aromatic rings. The number of hydrogen-bond acceptors (Lipinski definition) is 6. The number of para-hydroxylation sites is 1. The number of methoxy groups -OCH3 is 1. The Morgan fingerprint density at radius 3 is 3.04 bits per heavy atom. The normalized spacial score (nSPS) is 15.9. The molecule has 0 bridgehead atoms. The van der Waals surface area contributed by atoms with E-state index in [-0.39, 0.29) is 11.8 Å². The lowest BCUT2D eigenvalue weighted by molar-refractivity contribution is 0.0940. The average molecular weight is 367 g/mol. The van der Waals surface area contributed by atoms with Crippen molar-refractivity contribution in [2.24, 2.45) is 5.92 Å². The lowest BCUT2D eigenvalue weighted by atomic mass is 9.96. The SMILES string of the molecule is COc1cccc2c1OCC(CNC(=O)c1cc(C)nc3onc(C)c13)C2. The number of ether oxygens (including phenoxy) is 2. The van der Waals surface area contributed by atoms with E-state index in [1.165, 1.54) is 0 Å². The molecular formula is C20H21N3O4. The van der Waals surface area contributed by atoms with Gasteiger partial charge in [-0.25, -0.2) is 4.98 Å². The van der Waals surface area contributed by atoms with Crippen LogP contribution in [-0.2, 0) is 6.42 Å². The fourth-order valence-corrected chi connectivity index (χ4v) is 3.48. The van der Waals surface area contributed by atoms with Crippen molar-refractivity contribution in [2.75, 3.05) is 20.3 Å². The molecule has 1 aliphatic heterocycles. The van der Waals surface area contributed by atoms with Gasteiger partial charge in [-0.05, 0) is 38.0 Å². The van der Waals surface area contributed by atoms with Crippen LogP contribution in [0.1, 0.15) is 27.3 Å². The van der Waals surface area contributed by atoms with Crippen molar-refractivity contribution in [3.63, 3.8) is 0 Å². The van der Waals surface area contributed by atoms with Gasteiger partial charge in [-0.3, -0.25) is 4.79 Å². The largest absolute Gasteiger partial charge is 0.493 e. The first-order valence-electron chi connectivity index (χ1n) is 8.87. The van der Waals surface area contributed by atoms with Gasteiger partial charge in [0.2, 0.25) is 0 Å². The van der Waals surface area contributed by atoms with Crippen molar-refractivity contribution in [1.82, 2.24) is 15.5 Å². The summed E-state index contributed by atoms with van der Waals surface area (Å²) in [6.07, 6.45) is 0.823. The fourth-order valence-electron chi connectivity index (χ4n) is 3.48. The van der Waals surface area contributed by atoms with Gasteiger partial charge in [0.1, 0.15) is 0 Å². The number of amides is 1. The minimum atomic E-state index is -0.159. The minimum Gasteiger partial charge on any atom is -0.493 e. The lowest BCUT2D eigenvalue weighted by Gasteiger charge is -2.26. The molecule has 2 aromatic heterocycles. The van der Waals surface area contributed by atoms with Crippen molar-refractivity contribution >= 4 is 17.0 Å². The van der Waals surface area contributed by atoms with Gasteiger partial charge in [0.05, 0.1) is 30.4 Å². The van der Waals surface area contributed by atoms with Crippen LogP contribution < -0.4 is 14.8 Å². The van der Waals surface area contributed by atoms with E-state index >= 15 is 0 Å². The highest BCUT2D eigenvalue weighted by Crippen LogP contribution is 2.35. The van der Waals surface area contributed by atoms with Gasteiger partial charge in [0.15, 0.2) is 11.5 Å². The second-order valence-electron chi connectivity index (χ2n) is 6.80. The molecule has 1 atom stereocenters. The van der Waals surface area contributed by atoms with Crippen molar-refractivity contribution in [3.05, 3.63) is 46.8 Å². The van der Waals surface area contributed by atoms with Crippen molar-refractivity contribution in [2.45, 2.75) is 20.3 Å². The summed E-state index contributed by atoms with van der Waals surface area (Å²) in [5.74, 6) is 1.57. The summed E-state index contributed by atoms with van der Waals surface area (Å²) in [5, 5.41) is 7.60. The van der Waals surface area contributed by atoms with E-state index < -0.39 is 0 Å². The fraction of sp³-hybridized carbons (Fsp3) is 0.350. The number of pyridine rings is 1. The van der Waals surface area contributed by atoms with Gasteiger partial charge < -0.3 is 19.3 Å². The van der Waals surface area contributed by atoms with Gasteiger partial charge >= 0.3 is 0 Å². The second-order valence-corrected chi connectivity index (χ2v) is 6.80. The summed E-state index contributed by atoms with van der Waals surface area (Å²) >= 11 is 0. The molecule has 0 fully saturated rings. The van der Waals surface area contributed by atoms with Crippen LogP contribution in [0.2, 0.25) is 0 Å². The summed E-state index contributed by atoms with van der Waals surface area (Å²) in [4.78, 5) is 17.1. The molecule has 1 N–H and O–H groups in total. The number of fused-ring (bicyclic) bond motifs is 2. The van der Waals surface area contributed by atoms with Crippen molar-refractivity contribution in [3.8, 4) is 11.5 Å². The first-order chi connectivity index (χ1) is 13.1. The third kappa shape index (κ3) is 3.20. The highest BCUT2D eigenvalue weighted by molar-refractivity contribution is 6.06. The number of nitrogens with one attached hydrogen (secondary N) is 1. The van der Waals surface area contributed by atoms with Crippen LogP contribution in [0.15, 0.2) is 28.8 Å². The quantitative estimate of drug-likeness (QED) is 0.763. The minimum absolute atomic E-state index is 0.159. The topological polar surface area (TPSA) is 86.5 Å². The predicted octanol–water partition coefficient (Wildman–Crippen LogP) is 2.83. The molecule has 140 valence electrons. The van der Waals surface area contributed by atoms with Crippen LogP contribution in [0.5, 0.6) is 11.5 Å². The van der Waals surface area contributed by atoms with Crippen molar-refractivity contribution in [1.29, 1.82) is 0 Å². The molecule has 27 heavy (non-hydrogen) atoms. The highest BCUT2D eigenvalue weighted by atomic mass is 16.5. The Bertz CT molecular complexity index is 1010. The Morgan fingerprint density at radius 2 is 2.22 bits per heavy atom. The van der Waals surface area contributed by atoms with E-state index in [0.29, 0.717) is 41.2 Å². The number of rotatable bonds is 4. The van der Waals surface area contributed by atoms with E-state index in [2.05, 4.69) is 15.5 Å². The number of carbonyl (C=O) groups is 1. The maximum Gasteiger partial charge on any atom is 0.258 e. The molecule has 0 saturated carbocycles. The standard InChI is InChI=1S/C20H21N3O4/c1-11-7-15(17-12(2)23-27-20(17)22-11)19(24)21-9-13-8-14-5-4-6-16(25-3)18(14)26-10-13/h4-7,13H,8-10H2,1-3H3,(H,21,24). The van der Waals surface area contributed by atoms with E-state index in [4.69, 9.17) is 14.0 Å². The van der Waals surface area contributed by atoms with E-state index in [9.17, 15) is 4.79 Å². The Labute approximate surface area is 156 Å². The zero-order chi connectivity index (χ0) is 19.0. The molecule has 0 spiro atoms. The Balaban J connectivity index is 1.48. The van der Waals surface area contributed by atoms with E-state index in [0.717, 1.165) is 23.5 Å². The van der Waals surface area contributed by atoms with Crippen LogP contribution >= 0.6 is 0 Å². The second kappa shape index (κ2) is 6.90. The number of carbonyl (C=O) groups excluding carboxylic acids is 1. The van der Waals surface area contributed by atoms with E-state index in [1.54, 1.807) is 20.1 Å². The average Bonchev–Trinajstić information content (AvgIpc) is 3.05. The number of aromatic nitrogens is 2. The van der Waals surface area contributed by atoms with Crippen LogP contribution in [0, 0.1) is 19.8 Å². The number of benzene rings is 1. The molecule has 1 amide bonds. The third-order valence-electron chi connectivity index (χ3n) is 4.79. The molecular weight excluding hydrogens is 346 g/mol. The van der Waals surface area contributed by atoms with E-state index in [1.807, 2.05) is 25.1 Å². The summed E-state index contributed by atoms with van der Waals surface area (Å²) in [7, 11) is 1.63. The van der Waals surface area contributed by atoms with Gasteiger partial charge in [-0.15, -0.1) is 0 Å². The summed E-state index contributed by atoms with van der Waals surface area (Å²) in [6.45, 7) is 4.68. The molecule has 7 heteroatoms. The third-order valence-corrected chi connectivity index (χ3v) is 4.79. The molecule has 0 aliphatic carbocycles. The van der Waals surface area contributed by atoms with Gasteiger partial charge in [0.25, 0.3) is 11.6 Å². The molecule has 4 rings (SSSR count). The molecule has 0 saturated heterocycles. The molecule has 1 unspecified atom stereocenters. The Kier molecular flexibility index (Phi) is 4.43. The number of hydrogen-bond donors (Lipinski definition) is 1. The Hall–Kier alpha value is -3.09. The molecule has 7 nitrogen and oxygen atoms in total. The highest BCUT2D eigenvalue weighted by Gasteiger charge is 2.24. The monoisotopic (exact) mass is 367 g/mol. The number of nitrogens with zero attached hydrogens (tertiary/aromatic N) is 2. The van der Waals surface area contributed by atoms with Crippen LogP contribution in [0.25, 0.3) is 11.1 Å².